The Morgan fingerprint density at radius 1 is 1.42 bits per heavy atom. The van der Waals surface area contributed by atoms with E-state index in [1.165, 1.54) is 6.42 Å². The summed E-state index contributed by atoms with van der Waals surface area (Å²) in [5, 5.41) is 8.45. The third-order valence-electron chi connectivity index (χ3n) is 1.19. The summed E-state index contributed by atoms with van der Waals surface area (Å²) in [6, 6.07) is 2.12. The van der Waals surface area contributed by atoms with Gasteiger partial charge >= 0.3 is 0 Å². The highest BCUT2D eigenvalue weighted by molar-refractivity contribution is 5.49. The molecule has 0 aromatic rings. The molecule has 2 nitrogen and oxygen atoms in total. The van der Waals surface area contributed by atoms with Gasteiger partial charge in [0.05, 0.1) is 11.5 Å². The van der Waals surface area contributed by atoms with Gasteiger partial charge in [-0.1, -0.05) is 20.3 Å². The first-order chi connectivity index (χ1) is 5.54. The Balaban J connectivity index is 0. The molecular formula is C10H19NO. The van der Waals surface area contributed by atoms with E-state index in [4.69, 9.17) is 5.26 Å². The zero-order chi connectivity index (χ0) is 10.0. The molecule has 0 saturated heterocycles. The highest BCUT2D eigenvalue weighted by atomic mass is 16.1. The van der Waals surface area contributed by atoms with E-state index in [9.17, 15) is 4.79 Å². The van der Waals surface area contributed by atoms with E-state index in [0.29, 0.717) is 12.8 Å². The Morgan fingerprint density at radius 3 is 2.08 bits per heavy atom. The molecule has 2 heteroatoms. The molecule has 0 atom stereocenters. The third-order valence-corrected chi connectivity index (χ3v) is 1.19. The van der Waals surface area contributed by atoms with Crippen LogP contribution in [0.25, 0.3) is 0 Å². The fourth-order valence-electron chi connectivity index (χ4n) is 0.476. The number of hydrogen-bond acceptors (Lipinski definition) is 2. The van der Waals surface area contributed by atoms with Crippen LogP contribution in [0.15, 0.2) is 0 Å². The van der Waals surface area contributed by atoms with Crippen molar-refractivity contribution in [3.8, 4) is 6.07 Å². The zero-order valence-electron chi connectivity index (χ0n) is 8.55. The van der Waals surface area contributed by atoms with Crippen LogP contribution in [0.5, 0.6) is 0 Å². The summed E-state index contributed by atoms with van der Waals surface area (Å²) < 4.78 is 0. The highest BCUT2D eigenvalue weighted by Gasteiger charge is 2.14. The van der Waals surface area contributed by atoms with Gasteiger partial charge in [0.15, 0.2) is 0 Å². The van der Waals surface area contributed by atoms with Gasteiger partial charge in [-0.05, 0) is 20.3 Å². The van der Waals surface area contributed by atoms with Crippen LogP contribution in [-0.2, 0) is 4.79 Å². The molecule has 0 N–H and O–H groups in total. The molecule has 0 unspecified atom stereocenters. The summed E-state index contributed by atoms with van der Waals surface area (Å²) in [6.07, 6.45) is 3.24. The van der Waals surface area contributed by atoms with Gasteiger partial charge < -0.3 is 4.79 Å². The predicted molar refractivity (Wildman–Crippen MR) is 50.7 cm³/mol. The molecule has 0 aliphatic carbocycles. The molecule has 0 spiro atoms. The van der Waals surface area contributed by atoms with Gasteiger partial charge in [-0.25, -0.2) is 0 Å². The van der Waals surface area contributed by atoms with Gasteiger partial charge in [0.25, 0.3) is 0 Å². The number of nitriles is 1. The molecular weight excluding hydrogens is 150 g/mol. The first-order valence-corrected chi connectivity index (χ1v) is 4.39. The summed E-state index contributed by atoms with van der Waals surface area (Å²) in [4.78, 5) is 9.86. The van der Waals surface area contributed by atoms with Crippen molar-refractivity contribution in [1.29, 1.82) is 5.26 Å². The van der Waals surface area contributed by atoms with Crippen molar-refractivity contribution in [3.63, 3.8) is 0 Å². The van der Waals surface area contributed by atoms with Crippen molar-refractivity contribution >= 4 is 6.29 Å². The van der Waals surface area contributed by atoms with Crippen LogP contribution in [0.1, 0.15) is 47.0 Å². The number of aldehydes is 1. The van der Waals surface area contributed by atoms with Crippen molar-refractivity contribution < 1.29 is 4.79 Å². The van der Waals surface area contributed by atoms with Crippen molar-refractivity contribution in [2.24, 2.45) is 5.41 Å². The fraction of sp³-hybridized carbons (Fsp3) is 0.800. The molecule has 0 aliphatic heterocycles. The Hall–Kier alpha value is -0.840. The van der Waals surface area contributed by atoms with Crippen LogP contribution in [0.3, 0.4) is 0 Å². The first-order valence-electron chi connectivity index (χ1n) is 4.39. The smallest absolute Gasteiger partial charge is 0.120 e. The van der Waals surface area contributed by atoms with Gasteiger partial charge in [0.2, 0.25) is 0 Å². The highest BCUT2D eigenvalue weighted by Crippen LogP contribution is 2.19. The van der Waals surface area contributed by atoms with Crippen LogP contribution in [0, 0.1) is 16.7 Å². The molecule has 0 aliphatic rings. The molecule has 0 heterocycles. The molecule has 0 bridgehead atoms. The van der Waals surface area contributed by atoms with Crippen molar-refractivity contribution in [3.05, 3.63) is 0 Å². The van der Waals surface area contributed by atoms with Crippen molar-refractivity contribution in [1.82, 2.24) is 0 Å². The maximum atomic E-state index is 9.86. The molecule has 0 aromatic heterocycles. The van der Waals surface area contributed by atoms with Crippen LogP contribution >= 0.6 is 0 Å². The number of nitrogens with zero attached hydrogens (tertiary/aromatic N) is 1. The predicted octanol–water partition coefficient (Wildman–Crippen LogP) is 2.93. The Bertz CT molecular complexity index is 144. The van der Waals surface area contributed by atoms with E-state index in [0.717, 1.165) is 6.29 Å². The van der Waals surface area contributed by atoms with Crippen LogP contribution in [-0.4, -0.2) is 6.29 Å². The normalized spacial score (nSPS) is 9.25. The first kappa shape index (κ1) is 13.7. The minimum atomic E-state index is -0.332. The maximum Gasteiger partial charge on any atom is 0.120 e. The minimum Gasteiger partial charge on any atom is -0.303 e. The van der Waals surface area contributed by atoms with E-state index in [1.54, 1.807) is 0 Å². The molecule has 0 radical (unpaired) electrons. The van der Waals surface area contributed by atoms with Gasteiger partial charge in [0, 0.05) is 6.42 Å². The second-order valence-corrected chi connectivity index (χ2v) is 3.41. The molecule has 70 valence electrons. The quantitative estimate of drug-likeness (QED) is 0.609. The maximum absolute atomic E-state index is 9.86. The minimum absolute atomic E-state index is 0.332. The number of carbonyl (C=O) groups is 1. The lowest BCUT2D eigenvalue weighted by Crippen LogP contribution is -2.07. The average Bonchev–Trinajstić information content (AvgIpc) is 2.03. The lowest BCUT2D eigenvalue weighted by Gasteiger charge is -2.11. The van der Waals surface area contributed by atoms with Gasteiger partial charge in [-0.15, -0.1) is 0 Å². The topological polar surface area (TPSA) is 40.9 Å². The standard InChI is InChI=1S/C7H11NO.C3H8/c1-7(2,6-8)4-3-5-9;1-3-2/h5H,3-4H2,1-2H3;3H2,1-2H3. The van der Waals surface area contributed by atoms with E-state index < -0.39 is 0 Å². The Labute approximate surface area is 75.6 Å². The third kappa shape index (κ3) is 11.9. The van der Waals surface area contributed by atoms with Crippen molar-refractivity contribution in [2.45, 2.75) is 47.0 Å². The lowest BCUT2D eigenvalue weighted by atomic mass is 9.90. The van der Waals surface area contributed by atoms with Gasteiger partial charge in [-0.2, -0.15) is 5.26 Å². The number of hydrogen-bond donors (Lipinski definition) is 0. The summed E-state index contributed by atoms with van der Waals surface area (Å²) in [7, 11) is 0. The second kappa shape index (κ2) is 8.26. The SMILES string of the molecule is CC(C)(C#N)CCC=O.CCC. The van der Waals surface area contributed by atoms with Crippen LogP contribution in [0.4, 0.5) is 0 Å². The van der Waals surface area contributed by atoms with E-state index in [-0.39, 0.29) is 5.41 Å². The second-order valence-electron chi connectivity index (χ2n) is 3.41. The van der Waals surface area contributed by atoms with Gasteiger partial charge in [0.1, 0.15) is 6.29 Å². The summed E-state index contributed by atoms with van der Waals surface area (Å²) in [5.74, 6) is 0. The Kier molecular flexibility index (Phi) is 9.45. The molecule has 0 rings (SSSR count). The van der Waals surface area contributed by atoms with Crippen LogP contribution in [0.2, 0.25) is 0 Å². The van der Waals surface area contributed by atoms with E-state index >= 15 is 0 Å². The largest absolute Gasteiger partial charge is 0.303 e. The number of carbonyl (C=O) groups excluding carboxylic acids is 1. The summed E-state index contributed by atoms with van der Waals surface area (Å²) in [6.45, 7) is 7.91. The van der Waals surface area contributed by atoms with Gasteiger partial charge in [-0.3, -0.25) is 0 Å². The van der Waals surface area contributed by atoms with Crippen LogP contribution < -0.4 is 0 Å². The summed E-state index contributed by atoms with van der Waals surface area (Å²) in [5.41, 5.74) is -0.332. The number of rotatable bonds is 3. The lowest BCUT2D eigenvalue weighted by molar-refractivity contribution is -0.108. The molecule has 0 aromatic carbocycles. The van der Waals surface area contributed by atoms with E-state index in [1.807, 2.05) is 13.8 Å². The van der Waals surface area contributed by atoms with Crippen molar-refractivity contribution in [2.75, 3.05) is 0 Å². The fourth-order valence-corrected chi connectivity index (χ4v) is 0.476. The van der Waals surface area contributed by atoms with E-state index in [2.05, 4.69) is 19.9 Å². The average molecular weight is 169 g/mol. The molecule has 0 amide bonds. The molecule has 0 fully saturated rings. The zero-order valence-corrected chi connectivity index (χ0v) is 8.55. The Morgan fingerprint density at radius 2 is 1.83 bits per heavy atom. The monoisotopic (exact) mass is 169 g/mol. The molecule has 12 heavy (non-hydrogen) atoms. The molecule has 0 saturated carbocycles. The summed E-state index contributed by atoms with van der Waals surface area (Å²) >= 11 is 0.